The highest BCUT2D eigenvalue weighted by Crippen LogP contribution is 2.39. The lowest BCUT2D eigenvalue weighted by Gasteiger charge is -2.36. The Morgan fingerprint density at radius 1 is 1.00 bits per heavy atom. The Balaban J connectivity index is 1.56. The summed E-state index contributed by atoms with van der Waals surface area (Å²) in [6.45, 7) is 0.718. The molecule has 0 spiro atoms. The van der Waals surface area contributed by atoms with Gasteiger partial charge in [-0.1, -0.05) is 42.5 Å². The molecule has 4 heteroatoms. The van der Waals surface area contributed by atoms with Crippen molar-refractivity contribution in [2.75, 3.05) is 13.7 Å². The third-order valence-corrected chi connectivity index (χ3v) is 6.65. The minimum absolute atomic E-state index is 0.0742. The van der Waals surface area contributed by atoms with Crippen LogP contribution in [0.25, 0.3) is 10.8 Å². The average molecular weight is 400 g/mol. The van der Waals surface area contributed by atoms with Crippen LogP contribution in [0.15, 0.2) is 78.2 Å². The van der Waals surface area contributed by atoms with Gasteiger partial charge in [-0.15, -0.1) is 11.3 Å². The standard InChI is InChI=1S/C25H21NO2S/c1-28-21-10-8-18(9-11-21)24-22-13-15-29-23(22)12-14-26(24)25(27)20-7-6-17-4-2-3-5-19(17)16-20/h2-11,13,15-16,24H,12,14H2,1H3/t24-/m1/s1. The van der Waals surface area contributed by atoms with Gasteiger partial charge in [0.15, 0.2) is 0 Å². The van der Waals surface area contributed by atoms with Gasteiger partial charge in [-0.3, -0.25) is 4.79 Å². The molecule has 29 heavy (non-hydrogen) atoms. The van der Waals surface area contributed by atoms with Gasteiger partial charge in [-0.2, -0.15) is 0 Å². The Kier molecular flexibility index (Phi) is 4.57. The van der Waals surface area contributed by atoms with E-state index in [1.807, 2.05) is 47.4 Å². The number of hydrogen-bond donors (Lipinski definition) is 0. The van der Waals surface area contributed by atoms with Crippen molar-refractivity contribution < 1.29 is 9.53 Å². The number of benzene rings is 3. The zero-order valence-corrected chi connectivity index (χ0v) is 17.0. The molecular weight excluding hydrogens is 378 g/mol. The summed E-state index contributed by atoms with van der Waals surface area (Å²) in [4.78, 5) is 17.0. The van der Waals surface area contributed by atoms with Gasteiger partial charge in [0.25, 0.3) is 5.91 Å². The summed E-state index contributed by atoms with van der Waals surface area (Å²) in [7, 11) is 1.67. The maximum atomic E-state index is 13.6. The van der Waals surface area contributed by atoms with Crippen LogP contribution < -0.4 is 4.74 Å². The van der Waals surface area contributed by atoms with Crippen LogP contribution >= 0.6 is 11.3 Å². The van der Waals surface area contributed by atoms with Gasteiger partial charge >= 0.3 is 0 Å². The smallest absolute Gasteiger partial charge is 0.254 e. The Hall–Kier alpha value is -3.11. The summed E-state index contributed by atoms with van der Waals surface area (Å²) in [6.07, 6.45) is 0.902. The van der Waals surface area contributed by atoms with Gasteiger partial charge in [0.2, 0.25) is 0 Å². The highest BCUT2D eigenvalue weighted by atomic mass is 32.1. The fraction of sp³-hybridized carbons (Fsp3) is 0.160. The molecule has 5 rings (SSSR count). The molecule has 0 radical (unpaired) electrons. The molecular formula is C25H21NO2S. The van der Waals surface area contributed by atoms with Crippen LogP contribution in [-0.2, 0) is 6.42 Å². The Morgan fingerprint density at radius 3 is 2.59 bits per heavy atom. The molecule has 0 N–H and O–H groups in total. The van der Waals surface area contributed by atoms with E-state index in [4.69, 9.17) is 4.74 Å². The molecule has 1 aromatic heterocycles. The quantitative estimate of drug-likeness (QED) is 0.442. The lowest BCUT2D eigenvalue weighted by atomic mass is 9.92. The van der Waals surface area contributed by atoms with Crippen molar-refractivity contribution in [1.82, 2.24) is 4.90 Å². The second-order valence-electron chi connectivity index (χ2n) is 7.29. The predicted octanol–water partition coefficient (Wildman–Crippen LogP) is 5.70. The molecule has 0 fully saturated rings. The predicted molar refractivity (Wildman–Crippen MR) is 118 cm³/mol. The molecule has 1 aliphatic rings. The van der Waals surface area contributed by atoms with Gasteiger partial charge in [-0.05, 0) is 64.0 Å². The van der Waals surface area contributed by atoms with Gasteiger partial charge in [-0.25, -0.2) is 0 Å². The molecule has 0 saturated heterocycles. The molecule has 0 bridgehead atoms. The molecule has 1 atom stereocenters. The SMILES string of the molecule is COc1ccc([C@@H]2c3ccsc3CCN2C(=O)c2ccc3ccccc3c2)cc1. The van der Waals surface area contributed by atoms with E-state index in [2.05, 4.69) is 35.7 Å². The molecule has 3 nitrogen and oxygen atoms in total. The van der Waals surface area contributed by atoms with Gasteiger partial charge < -0.3 is 9.64 Å². The maximum absolute atomic E-state index is 13.6. The van der Waals surface area contributed by atoms with Crippen molar-refractivity contribution >= 4 is 28.0 Å². The van der Waals surface area contributed by atoms with E-state index >= 15 is 0 Å². The fourth-order valence-corrected chi connectivity index (χ4v) is 5.07. The number of methoxy groups -OCH3 is 1. The van der Waals surface area contributed by atoms with Crippen LogP contribution in [0.1, 0.15) is 32.4 Å². The largest absolute Gasteiger partial charge is 0.497 e. The van der Waals surface area contributed by atoms with Crippen molar-refractivity contribution in [3.63, 3.8) is 0 Å². The molecule has 0 saturated carbocycles. The minimum Gasteiger partial charge on any atom is -0.497 e. The number of amides is 1. The minimum atomic E-state index is -0.0742. The van der Waals surface area contributed by atoms with Crippen molar-refractivity contribution in [2.24, 2.45) is 0 Å². The van der Waals surface area contributed by atoms with Crippen molar-refractivity contribution in [2.45, 2.75) is 12.5 Å². The normalized spacial score (nSPS) is 15.9. The third-order valence-electron chi connectivity index (χ3n) is 5.65. The number of nitrogens with zero attached hydrogens (tertiary/aromatic N) is 1. The summed E-state index contributed by atoms with van der Waals surface area (Å²) in [5.41, 5.74) is 3.08. The van der Waals surface area contributed by atoms with Gasteiger partial charge in [0, 0.05) is 17.0 Å². The molecule has 2 heterocycles. The highest BCUT2D eigenvalue weighted by molar-refractivity contribution is 7.10. The monoisotopic (exact) mass is 399 g/mol. The van der Waals surface area contributed by atoms with Crippen LogP contribution in [-0.4, -0.2) is 24.5 Å². The zero-order chi connectivity index (χ0) is 19.8. The molecule has 3 aromatic carbocycles. The molecule has 1 aliphatic heterocycles. The first kappa shape index (κ1) is 18.0. The third kappa shape index (κ3) is 3.19. The first-order valence-corrected chi connectivity index (χ1v) is 10.6. The molecule has 1 amide bonds. The van der Waals surface area contributed by atoms with E-state index in [0.717, 1.165) is 40.6 Å². The fourth-order valence-electron chi connectivity index (χ4n) is 4.17. The van der Waals surface area contributed by atoms with Crippen molar-refractivity contribution in [1.29, 1.82) is 0 Å². The Morgan fingerprint density at radius 2 is 1.79 bits per heavy atom. The van der Waals surface area contributed by atoms with E-state index in [0.29, 0.717) is 0 Å². The summed E-state index contributed by atoms with van der Waals surface area (Å²) in [6, 6.07) is 24.3. The molecule has 144 valence electrons. The second kappa shape index (κ2) is 7.37. The second-order valence-corrected chi connectivity index (χ2v) is 8.29. The van der Waals surface area contributed by atoms with Gasteiger partial charge in [0.05, 0.1) is 13.2 Å². The van der Waals surface area contributed by atoms with Crippen LogP contribution in [0.4, 0.5) is 0 Å². The topological polar surface area (TPSA) is 29.5 Å². The first-order valence-electron chi connectivity index (χ1n) is 9.74. The Bertz CT molecular complexity index is 1180. The summed E-state index contributed by atoms with van der Waals surface area (Å²) in [5, 5.41) is 4.37. The number of fused-ring (bicyclic) bond motifs is 2. The van der Waals surface area contributed by atoms with Crippen LogP contribution in [0, 0.1) is 0 Å². The molecule has 4 aromatic rings. The number of carbonyl (C=O) groups is 1. The first-order chi connectivity index (χ1) is 14.2. The van der Waals surface area contributed by atoms with Crippen molar-refractivity contribution in [3.8, 4) is 5.75 Å². The van der Waals surface area contributed by atoms with Crippen molar-refractivity contribution in [3.05, 3.63) is 99.7 Å². The number of hydrogen-bond acceptors (Lipinski definition) is 3. The summed E-state index contributed by atoms with van der Waals surface area (Å²) < 4.78 is 5.32. The van der Waals surface area contributed by atoms with Crippen LogP contribution in [0.5, 0.6) is 5.75 Å². The lowest BCUT2D eigenvalue weighted by molar-refractivity contribution is 0.0696. The average Bonchev–Trinajstić information content (AvgIpc) is 3.26. The number of rotatable bonds is 3. The maximum Gasteiger partial charge on any atom is 0.254 e. The molecule has 0 unspecified atom stereocenters. The van der Waals surface area contributed by atoms with E-state index in [9.17, 15) is 4.79 Å². The Labute approximate surface area is 174 Å². The highest BCUT2D eigenvalue weighted by Gasteiger charge is 2.33. The summed E-state index contributed by atoms with van der Waals surface area (Å²) >= 11 is 1.78. The number of ether oxygens (including phenoxy) is 1. The van der Waals surface area contributed by atoms with E-state index < -0.39 is 0 Å². The van der Waals surface area contributed by atoms with E-state index in [1.54, 1.807) is 18.4 Å². The van der Waals surface area contributed by atoms with Gasteiger partial charge in [0.1, 0.15) is 5.75 Å². The van der Waals surface area contributed by atoms with Crippen LogP contribution in [0.2, 0.25) is 0 Å². The number of carbonyl (C=O) groups excluding carboxylic acids is 1. The molecule has 0 aliphatic carbocycles. The number of thiophene rings is 1. The summed E-state index contributed by atoms with van der Waals surface area (Å²) in [5.74, 6) is 0.899. The van der Waals surface area contributed by atoms with E-state index in [-0.39, 0.29) is 11.9 Å². The van der Waals surface area contributed by atoms with Crippen LogP contribution in [0.3, 0.4) is 0 Å². The van der Waals surface area contributed by atoms with E-state index in [1.165, 1.54) is 10.4 Å². The lowest BCUT2D eigenvalue weighted by Crippen LogP contribution is -2.40. The zero-order valence-electron chi connectivity index (χ0n) is 16.2.